The van der Waals surface area contributed by atoms with E-state index in [0.717, 1.165) is 20.8 Å². The SMILES string of the molecule is O=C1c2sc(Br)cc2CN1Cc1ccccc1. The summed E-state index contributed by atoms with van der Waals surface area (Å²) in [6.07, 6.45) is 0. The summed E-state index contributed by atoms with van der Waals surface area (Å²) in [5, 5.41) is 0. The molecule has 1 aliphatic heterocycles. The summed E-state index contributed by atoms with van der Waals surface area (Å²) in [6, 6.07) is 12.1. The van der Waals surface area contributed by atoms with E-state index < -0.39 is 0 Å². The number of rotatable bonds is 2. The molecule has 86 valence electrons. The minimum absolute atomic E-state index is 0.152. The van der Waals surface area contributed by atoms with Crippen LogP contribution < -0.4 is 0 Å². The van der Waals surface area contributed by atoms with E-state index in [1.807, 2.05) is 29.2 Å². The highest BCUT2D eigenvalue weighted by atomic mass is 79.9. The van der Waals surface area contributed by atoms with Gasteiger partial charge >= 0.3 is 0 Å². The lowest BCUT2D eigenvalue weighted by Gasteiger charge is -2.15. The van der Waals surface area contributed by atoms with Crippen molar-refractivity contribution < 1.29 is 4.79 Å². The van der Waals surface area contributed by atoms with Crippen LogP contribution in [0.2, 0.25) is 0 Å². The number of halogens is 1. The summed E-state index contributed by atoms with van der Waals surface area (Å²) in [4.78, 5) is 14.9. The smallest absolute Gasteiger partial charge is 0.264 e. The number of carbonyl (C=O) groups is 1. The van der Waals surface area contributed by atoms with Crippen LogP contribution in [0.25, 0.3) is 0 Å². The lowest BCUT2D eigenvalue weighted by atomic mass is 10.2. The average molecular weight is 308 g/mol. The van der Waals surface area contributed by atoms with Crippen molar-refractivity contribution in [3.63, 3.8) is 0 Å². The third-order valence-corrected chi connectivity index (χ3v) is 4.51. The predicted molar refractivity (Wildman–Crippen MR) is 72.0 cm³/mol. The highest BCUT2D eigenvalue weighted by Crippen LogP contribution is 2.34. The van der Waals surface area contributed by atoms with E-state index >= 15 is 0 Å². The molecule has 1 amide bonds. The average Bonchev–Trinajstić information content (AvgIpc) is 2.81. The number of fused-ring (bicyclic) bond motifs is 1. The molecule has 0 unspecified atom stereocenters. The van der Waals surface area contributed by atoms with E-state index in [0.29, 0.717) is 6.54 Å². The van der Waals surface area contributed by atoms with E-state index in [-0.39, 0.29) is 5.91 Å². The van der Waals surface area contributed by atoms with Crippen molar-refractivity contribution in [1.29, 1.82) is 0 Å². The van der Waals surface area contributed by atoms with E-state index in [2.05, 4.69) is 28.1 Å². The van der Waals surface area contributed by atoms with Gasteiger partial charge in [0, 0.05) is 13.1 Å². The van der Waals surface area contributed by atoms with Gasteiger partial charge in [-0.3, -0.25) is 4.79 Å². The number of nitrogens with zero attached hydrogens (tertiary/aromatic N) is 1. The molecule has 0 atom stereocenters. The van der Waals surface area contributed by atoms with Crippen molar-refractivity contribution in [3.8, 4) is 0 Å². The van der Waals surface area contributed by atoms with Gasteiger partial charge < -0.3 is 4.90 Å². The second-order valence-electron chi connectivity index (χ2n) is 4.05. The topological polar surface area (TPSA) is 20.3 Å². The van der Waals surface area contributed by atoms with Gasteiger partial charge in [-0.05, 0) is 33.1 Å². The van der Waals surface area contributed by atoms with Crippen LogP contribution in [-0.2, 0) is 13.1 Å². The molecule has 1 aromatic carbocycles. The van der Waals surface area contributed by atoms with Crippen molar-refractivity contribution in [2.24, 2.45) is 0 Å². The van der Waals surface area contributed by atoms with Crippen LogP contribution in [0.1, 0.15) is 20.8 Å². The summed E-state index contributed by atoms with van der Waals surface area (Å²) < 4.78 is 1.04. The van der Waals surface area contributed by atoms with Crippen molar-refractivity contribution in [1.82, 2.24) is 4.90 Å². The molecule has 0 radical (unpaired) electrons. The highest BCUT2D eigenvalue weighted by Gasteiger charge is 2.29. The fraction of sp³-hybridized carbons (Fsp3) is 0.154. The minimum Gasteiger partial charge on any atom is -0.329 e. The Hall–Kier alpha value is -1.13. The maximum Gasteiger partial charge on any atom is 0.264 e. The van der Waals surface area contributed by atoms with Crippen LogP contribution in [0, 0.1) is 0 Å². The summed E-state index contributed by atoms with van der Waals surface area (Å²) >= 11 is 4.94. The quantitative estimate of drug-likeness (QED) is 0.829. The molecule has 4 heteroatoms. The van der Waals surface area contributed by atoms with Crippen LogP contribution in [0.3, 0.4) is 0 Å². The Morgan fingerprint density at radius 3 is 2.76 bits per heavy atom. The lowest BCUT2D eigenvalue weighted by molar-refractivity contribution is 0.0770. The number of hydrogen-bond acceptors (Lipinski definition) is 2. The van der Waals surface area contributed by atoms with E-state index in [1.165, 1.54) is 16.9 Å². The summed E-state index contributed by atoms with van der Waals surface area (Å²) in [5.41, 5.74) is 2.32. The molecule has 0 saturated heterocycles. The fourth-order valence-electron chi connectivity index (χ4n) is 2.05. The first kappa shape index (κ1) is 11.0. The minimum atomic E-state index is 0.152. The monoisotopic (exact) mass is 307 g/mol. The zero-order valence-corrected chi connectivity index (χ0v) is 11.4. The third-order valence-electron chi connectivity index (χ3n) is 2.84. The van der Waals surface area contributed by atoms with E-state index in [9.17, 15) is 4.79 Å². The second kappa shape index (κ2) is 4.27. The zero-order chi connectivity index (χ0) is 11.8. The van der Waals surface area contributed by atoms with Crippen molar-refractivity contribution in [3.05, 3.63) is 56.2 Å². The highest BCUT2D eigenvalue weighted by molar-refractivity contribution is 9.11. The number of carbonyl (C=O) groups excluding carboxylic acids is 1. The van der Waals surface area contributed by atoms with Gasteiger partial charge in [-0.2, -0.15) is 0 Å². The standard InChI is InChI=1S/C13H10BrNOS/c14-11-6-10-8-15(13(16)12(10)17-11)7-9-4-2-1-3-5-9/h1-6H,7-8H2. The first-order valence-corrected chi connectivity index (χ1v) is 6.96. The van der Waals surface area contributed by atoms with Gasteiger partial charge in [-0.1, -0.05) is 30.3 Å². The Labute approximate surface area is 112 Å². The van der Waals surface area contributed by atoms with E-state index in [1.54, 1.807) is 0 Å². The van der Waals surface area contributed by atoms with Crippen molar-refractivity contribution in [2.45, 2.75) is 13.1 Å². The molecule has 0 bridgehead atoms. The summed E-state index contributed by atoms with van der Waals surface area (Å²) in [5.74, 6) is 0.152. The molecule has 17 heavy (non-hydrogen) atoms. The molecule has 1 aromatic heterocycles. The number of thiophene rings is 1. The molecule has 0 saturated carbocycles. The molecule has 3 rings (SSSR count). The molecule has 0 N–H and O–H groups in total. The molecule has 2 nitrogen and oxygen atoms in total. The van der Waals surface area contributed by atoms with Crippen LogP contribution in [0.15, 0.2) is 40.2 Å². The number of amides is 1. The molecule has 0 aliphatic carbocycles. The van der Waals surface area contributed by atoms with Gasteiger partial charge in [0.05, 0.1) is 8.66 Å². The maximum atomic E-state index is 12.1. The van der Waals surface area contributed by atoms with E-state index in [4.69, 9.17) is 0 Å². The first-order valence-electron chi connectivity index (χ1n) is 5.35. The molecular formula is C13H10BrNOS. The maximum absolute atomic E-state index is 12.1. The van der Waals surface area contributed by atoms with Crippen LogP contribution in [-0.4, -0.2) is 10.8 Å². The largest absolute Gasteiger partial charge is 0.329 e. The molecule has 0 fully saturated rings. The number of hydrogen-bond donors (Lipinski definition) is 0. The third kappa shape index (κ3) is 2.03. The molecule has 2 heterocycles. The van der Waals surface area contributed by atoms with Crippen LogP contribution >= 0.6 is 27.3 Å². The predicted octanol–water partition coefficient (Wildman–Crippen LogP) is 3.67. The Kier molecular flexibility index (Phi) is 2.76. The Morgan fingerprint density at radius 2 is 2.06 bits per heavy atom. The summed E-state index contributed by atoms with van der Waals surface area (Å²) in [6.45, 7) is 1.42. The molecular weight excluding hydrogens is 298 g/mol. The Morgan fingerprint density at radius 1 is 1.29 bits per heavy atom. The Bertz CT molecular complexity index is 564. The van der Waals surface area contributed by atoms with Gasteiger partial charge in [0.1, 0.15) is 0 Å². The van der Waals surface area contributed by atoms with Gasteiger partial charge in [0.25, 0.3) is 5.91 Å². The number of benzene rings is 1. The Balaban J connectivity index is 1.81. The van der Waals surface area contributed by atoms with Gasteiger partial charge in [-0.15, -0.1) is 11.3 Å². The van der Waals surface area contributed by atoms with Gasteiger partial charge in [-0.25, -0.2) is 0 Å². The lowest BCUT2D eigenvalue weighted by Crippen LogP contribution is -2.23. The van der Waals surface area contributed by atoms with Gasteiger partial charge in [0.2, 0.25) is 0 Å². The fourth-order valence-corrected chi connectivity index (χ4v) is 3.68. The first-order chi connectivity index (χ1) is 8.24. The van der Waals surface area contributed by atoms with Crippen molar-refractivity contribution >= 4 is 33.2 Å². The summed E-state index contributed by atoms with van der Waals surface area (Å²) in [7, 11) is 0. The van der Waals surface area contributed by atoms with Crippen LogP contribution in [0.4, 0.5) is 0 Å². The van der Waals surface area contributed by atoms with Gasteiger partial charge in [0.15, 0.2) is 0 Å². The van der Waals surface area contributed by atoms with Crippen LogP contribution in [0.5, 0.6) is 0 Å². The molecule has 2 aromatic rings. The normalized spacial score (nSPS) is 14.2. The van der Waals surface area contributed by atoms with Crippen molar-refractivity contribution in [2.75, 3.05) is 0 Å². The zero-order valence-electron chi connectivity index (χ0n) is 9.02. The molecule has 1 aliphatic rings. The second-order valence-corrected chi connectivity index (χ2v) is 6.48. The molecule has 0 spiro atoms.